The minimum atomic E-state index is -0.638. The topological polar surface area (TPSA) is 80.3 Å². The highest BCUT2D eigenvalue weighted by Gasteiger charge is 2.31. The smallest absolute Gasteiger partial charge is 0.413 e. The van der Waals surface area contributed by atoms with E-state index in [0.29, 0.717) is 4.60 Å². The van der Waals surface area contributed by atoms with Gasteiger partial charge in [-0.15, -0.1) is 0 Å². The summed E-state index contributed by atoms with van der Waals surface area (Å²) in [6.45, 7) is 4.01. The van der Waals surface area contributed by atoms with Gasteiger partial charge in [-0.2, -0.15) is 5.43 Å². The number of anilines is 1. The molecule has 1 heterocycles. The third kappa shape index (κ3) is 3.52. The number of rotatable bonds is 4. The molecule has 112 valence electrons. The van der Waals surface area contributed by atoms with E-state index in [1.807, 2.05) is 44.2 Å². The van der Waals surface area contributed by atoms with Crippen LogP contribution in [0.15, 0.2) is 39.5 Å². The van der Waals surface area contributed by atoms with Gasteiger partial charge >= 0.3 is 16.6 Å². The van der Waals surface area contributed by atoms with Gasteiger partial charge in [0.25, 0.3) is 0 Å². The molecule has 0 spiro atoms. The summed E-state index contributed by atoms with van der Waals surface area (Å²) in [4.78, 5) is 12.6. The van der Waals surface area contributed by atoms with Crippen molar-refractivity contribution >= 4 is 27.9 Å². The molecule has 0 aliphatic rings. The Balaban J connectivity index is 2.18. The maximum Gasteiger partial charge on any atom is 0.413 e. The van der Waals surface area contributed by atoms with Gasteiger partial charge in [0.1, 0.15) is 5.54 Å². The van der Waals surface area contributed by atoms with Gasteiger partial charge in [0.15, 0.2) is 0 Å². The Morgan fingerprint density at radius 3 is 2.67 bits per heavy atom. The number of carbonyl (C=O) groups excluding carboxylic acids is 1. The molecule has 0 radical (unpaired) electrons. The van der Waals surface area contributed by atoms with Crippen LogP contribution in [0.1, 0.15) is 19.4 Å². The molecule has 1 aromatic heterocycles. The normalized spacial score (nSPS) is 11.0. The number of amides is 1. The van der Waals surface area contributed by atoms with Crippen LogP contribution in [0.25, 0.3) is 0 Å². The quantitative estimate of drug-likeness (QED) is 0.823. The first-order valence-electron chi connectivity index (χ1n) is 6.20. The Hall–Kier alpha value is -2.09. The van der Waals surface area contributed by atoms with Crippen LogP contribution < -0.4 is 15.5 Å². The van der Waals surface area contributed by atoms with Crippen molar-refractivity contribution in [2.75, 3.05) is 17.9 Å². The number of ether oxygens (including phenoxy) is 1. The third-order valence-electron chi connectivity index (χ3n) is 2.87. The lowest BCUT2D eigenvalue weighted by atomic mass is 9.95. The first-order valence-corrected chi connectivity index (χ1v) is 6.99. The van der Waals surface area contributed by atoms with E-state index in [4.69, 9.17) is 4.52 Å². The fourth-order valence-electron chi connectivity index (χ4n) is 1.72. The minimum absolute atomic E-state index is 0.151. The zero-order valence-electron chi connectivity index (χ0n) is 11.9. The minimum Gasteiger partial charge on any atom is -0.453 e. The predicted octanol–water partition coefficient (Wildman–Crippen LogP) is 2.38. The summed E-state index contributed by atoms with van der Waals surface area (Å²) in [5, 5.41) is 6.23. The number of aromatic nitrogens is 2. The molecule has 1 aromatic carbocycles. The molecule has 0 aliphatic carbocycles. The molecule has 1 amide bonds. The molecular weight excluding hydrogens is 340 g/mol. The number of hydrogen-bond donors (Lipinski definition) is 2. The van der Waals surface area contributed by atoms with Crippen molar-refractivity contribution in [2.45, 2.75) is 19.4 Å². The molecule has 8 heteroatoms. The number of methoxy groups -OCH3 is 1. The van der Waals surface area contributed by atoms with Gasteiger partial charge < -0.3 is 4.74 Å². The van der Waals surface area contributed by atoms with Gasteiger partial charge in [-0.05, 0) is 19.4 Å². The molecule has 2 N–H and O–H groups in total. The van der Waals surface area contributed by atoms with Gasteiger partial charge in [-0.1, -0.05) is 30.3 Å². The lowest BCUT2D eigenvalue weighted by Gasteiger charge is -2.21. The first-order chi connectivity index (χ1) is 9.94. The second-order valence-electron chi connectivity index (χ2n) is 4.82. The van der Waals surface area contributed by atoms with Crippen LogP contribution in [0.2, 0.25) is 0 Å². The summed E-state index contributed by atoms with van der Waals surface area (Å²) in [6, 6.07) is 9.90. The van der Waals surface area contributed by atoms with E-state index in [2.05, 4.69) is 36.7 Å². The SMILES string of the molecule is COC(=O)Nc1on[n+](NC(C)(C)c2ccccc2)c1Br. The molecule has 0 unspecified atom stereocenters. The summed E-state index contributed by atoms with van der Waals surface area (Å²) in [5.41, 5.74) is 3.87. The fraction of sp³-hybridized carbons (Fsp3) is 0.308. The Kier molecular flexibility index (Phi) is 4.46. The second kappa shape index (κ2) is 6.13. The summed E-state index contributed by atoms with van der Waals surface area (Å²) in [5.74, 6) is 0.151. The van der Waals surface area contributed by atoms with E-state index in [1.54, 1.807) is 0 Å². The molecule has 7 nitrogen and oxygen atoms in total. The molecule has 0 saturated carbocycles. The van der Waals surface area contributed by atoms with Crippen molar-refractivity contribution in [1.29, 1.82) is 0 Å². The van der Waals surface area contributed by atoms with Crippen molar-refractivity contribution in [2.24, 2.45) is 0 Å². The number of carbonyl (C=O) groups is 1. The fourth-order valence-corrected chi connectivity index (χ4v) is 2.05. The average molecular weight is 356 g/mol. The first kappa shape index (κ1) is 15.3. The molecular formula is C13H16BrN4O3+. The van der Waals surface area contributed by atoms with Crippen LogP contribution in [-0.4, -0.2) is 18.5 Å². The Morgan fingerprint density at radius 2 is 2.05 bits per heavy atom. The van der Waals surface area contributed by atoms with Gasteiger partial charge in [-0.3, -0.25) is 9.84 Å². The standard InChI is InChI=1S/C13H15BrN4O3/c1-13(2,9-7-5-4-6-8-9)16-18-10(14)11(21-17-18)15-12(19)20-3/h4-8H,1-3H3,(H-,15,16,17,19)/p+1. The Labute approximate surface area is 130 Å². The van der Waals surface area contributed by atoms with Crippen molar-refractivity contribution in [3.05, 3.63) is 40.5 Å². The van der Waals surface area contributed by atoms with E-state index < -0.39 is 11.6 Å². The monoisotopic (exact) mass is 355 g/mol. The molecule has 2 aromatic rings. The third-order valence-corrected chi connectivity index (χ3v) is 3.56. The molecule has 21 heavy (non-hydrogen) atoms. The van der Waals surface area contributed by atoms with Crippen LogP contribution in [0.3, 0.4) is 0 Å². The van der Waals surface area contributed by atoms with Crippen molar-refractivity contribution in [3.63, 3.8) is 0 Å². The molecule has 2 rings (SSSR count). The molecule has 0 saturated heterocycles. The van der Waals surface area contributed by atoms with Gasteiger partial charge in [0, 0.05) is 15.9 Å². The summed E-state index contributed by atoms with van der Waals surface area (Å²) in [7, 11) is 1.27. The number of hydrogen-bond acceptors (Lipinski definition) is 5. The number of nitrogens with zero attached hydrogens (tertiary/aromatic N) is 2. The van der Waals surface area contributed by atoms with Gasteiger partial charge in [-0.25, -0.2) is 4.79 Å². The second-order valence-corrected chi connectivity index (χ2v) is 5.58. The van der Waals surface area contributed by atoms with Crippen LogP contribution in [-0.2, 0) is 10.3 Å². The van der Waals surface area contributed by atoms with Gasteiger partial charge in [0.05, 0.1) is 11.9 Å². The van der Waals surface area contributed by atoms with Crippen LogP contribution in [0.4, 0.5) is 10.7 Å². The molecule has 0 fully saturated rings. The highest BCUT2D eigenvalue weighted by molar-refractivity contribution is 9.10. The van der Waals surface area contributed by atoms with E-state index in [0.717, 1.165) is 5.56 Å². The van der Waals surface area contributed by atoms with E-state index in [-0.39, 0.29) is 5.88 Å². The van der Waals surface area contributed by atoms with Crippen LogP contribution in [0, 0.1) is 0 Å². The van der Waals surface area contributed by atoms with E-state index in [1.165, 1.54) is 11.9 Å². The van der Waals surface area contributed by atoms with E-state index >= 15 is 0 Å². The van der Waals surface area contributed by atoms with Crippen molar-refractivity contribution in [3.8, 4) is 0 Å². The van der Waals surface area contributed by atoms with Crippen LogP contribution in [0.5, 0.6) is 0 Å². The molecule has 0 bridgehead atoms. The maximum absolute atomic E-state index is 11.2. The van der Waals surface area contributed by atoms with Gasteiger partial charge in [0.2, 0.25) is 5.27 Å². The number of nitrogens with one attached hydrogen (secondary N) is 2. The highest BCUT2D eigenvalue weighted by atomic mass is 79.9. The summed E-state index contributed by atoms with van der Waals surface area (Å²) < 4.78 is 9.98. The highest BCUT2D eigenvalue weighted by Crippen LogP contribution is 2.21. The predicted molar refractivity (Wildman–Crippen MR) is 79.3 cm³/mol. The lowest BCUT2D eigenvalue weighted by molar-refractivity contribution is -0.735. The Morgan fingerprint density at radius 1 is 1.38 bits per heavy atom. The number of benzene rings is 1. The van der Waals surface area contributed by atoms with Crippen molar-refractivity contribution < 1.29 is 18.8 Å². The lowest BCUT2D eigenvalue weighted by Crippen LogP contribution is -2.55. The zero-order valence-corrected chi connectivity index (χ0v) is 13.5. The molecule has 0 atom stereocenters. The maximum atomic E-state index is 11.2. The average Bonchev–Trinajstić information content (AvgIpc) is 2.80. The Bertz CT molecular complexity index is 628. The van der Waals surface area contributed by atoms with Crippen molar-refractivity contribution in [1.82, 2.24) is 5.27 Å². The summed E-state index contributed by atoms with van der Waals surface area (Å²) in [6.07, 6.45) is -0.638. The van der Waals surface area contributed by atoms with E-state index in [9.17, 15) is 4.79 Å². The largest absolute Gasteiger partial charge is 0.453 e. The van der Waals surface area contributed by atoms with Crippen LogP contribution >= 0.6 is 15.9 Å². The molecule has 0 aliphatic heterocycles. The number of halogens is 1. The summed E-state index contributed by atoms with van der Waals surface area (Å²) >= 11 is 3.31. The zero-order chi connectivity index (χ0) is 15.5.